The summed E-state index contributed by atoms with van der Waals surface area (Å²) >= 11 is 0. The Kier molecular flexibility index (Phi) is 6.02. The van der Waals surface area contributed by atoms with Gasteiger partial charge in [-0.3, -0.25) is 9.59 Å². The van der Waals surface area contributed by atoms with Crippen LogP contribution in [0.4, 0.5) is 0 Å². The summed E-state index contributed by atoms with van der Waals surface area (Å²) in [7, 11) is 0. The third-order valence-corrected chi connectivity index (χ3v) is 4.71. The minimum absolute atomic E-state index is 0.0364. The molecule has 1 heterocycles. The summed E-state index contributed by atoms with van der Waals surface area (Å²) in [6, 6.07) is 17.3. The molecule has 0 saturated carbocycles. The number of benzene rings is 2. The lowest BCUT2D eigenvalue weighted by molar-refractivity contribution is -0.135. The zero-order valence-electron chi connectivity index (χ0n) is 14.8. The highest BCUT2D eigenvalue weighted by Gasteiger charge is 2.26. The second kappa shape index (κ2) is 8.63. The topological polar surface area (TPSA) is 72.6 Å². The largest absolute Gasteiger partial charge is 0.367 e. The van der Waals surface area contributed by atoms with Crippen LogP contribution in [0.15, 0.2) is 54.6 Å². The van der Waals surface area contributed by atoms with Gasteiger partial charge in [-0.05, 0) is 42.0 Å². The third-order valence-electron chi connectivity index (χ3n) is 4.71. The lowest BCUT2D eigenvalue weighted by Gasteiger charge is -2.17. The fourth-order valence-corrected chi connectivity index (χ4v) is 3.33. The highest BCUT2D eigenvalue weighted by atomic mass is 16.5. The average molecular weight is 352 g/mol. The van der Waals surface area contributed by atoms with Gasteiger partial charge in [-0.15, -0.1) is 0 Å². The summed E-state index contributed by atoms with van der Waals surface area (Å²) in [4.78, 5) is 25.5. The Morgan fingerprint density at radius 1 is 1.08 bits per heavy atom. The zero-order chi connectivity index (χ0) is 18.4. The van der Waals surface area contributed by atoms with Gasteiger partial charge in [0, 0.05) is 18.7 Å². The van der Waals surface area contributed by atoms with E-state index < -0.39 is 5.91 Å². The average Bonchev–Trinajstić information content (AvgIpc) is 3.11. The van der Waals surface area contributed by atoms with E-state index in [0.29, 0.717) is 18.1 Å². The van der Waals surface area contributed by atoms with Crippen molar-refractivity contribution in [3.63, 3.8) is 0 Å². The number of primary amides is 1. The van der Waals surface area contributed by atoms with Crippen LogP contribution >= 0.6 is 0 Å². The maximum atomic E-state index is 12.3. The second-order valence-electron chi connectivity index (χ2n) is 6.74. The fourth-order valence-electron chi connectivity index (χ4n) is 3.33. The molecule has 1 saturated heterocycles. The molecule has 1 atom stereocenters. The van der Waals surface area contributed by atoms with Crippen molar-refractivity contribution < 1.29 is 14.3 Å². The molecule has 5 nitrogen and oxygen atoms in total. The van der Waals surface area contributed by atoms with Crippen LogP contribution in [0, 0.1) is 5.92 Å². The summed E-state index contributed by atoms with van der Waals surface area (Å²) in [5, 5.41) is 0. The lowest BCUT2D eigenvalue weighted by atomic mass is 9.97. The fraction of sp³-hybridized carbons (Fsp3) is 0.333. The quantitative estimate of drug-likeness (QED) is 0.832. The Hall–Kier alpha value is -2.66. The third kappa shape index (κ3) is 4.92. The molecular formula is C21H24N2O3. The van der Waals surface area contributed by atoms with Gasteiger partial charge in [-0.2, -0.15) is 0 Å². The predicted molar refractivity (Wildman–Crippen MR) is 99.4 cm³/mol. The van der Waals surface area contributed by atoms with Crippen LogP contribution in [-0.4, -0.2) is 36.4 Å². The lowest BCUT2D eigenvalue weighted by Crippen LogP contribution is -2.32. The number of carbonyl (C=O) groups is 2. The van der Waals surface area contributed by atoms with E-state index in [-0.39, 0.29) is 12.5 Å². The zero-order valence-corrected chi connectivity index (χ0v) is 14.8. The van der Waals surface area contributed by atoms with Gasteiger partial charge in [0.2, 0.25) is 11.8 Å². The summed E-state index contributed by atoms with van der Waals surface area (Å²) in [5.41, 5.74) is 8.01. The predicted octanol–water partition coefficient (Wildman–Crippen LogP) is 2.39. The van der Waals surface area contributed by atoms with Crippen LogP contribution in [0.3, 0.4) is 0 Å². The van der Waals surface area contributed by atoms with Gasteiger partial charge in [0.1, 0.15) is 6.61 Å². The molecule has 1 aliphatic heterocycles. The first kappa shape index (κ1) is 18.1. The normalized spacial score (nSPS) is 16.6. The van der Waals surface area contributed by atoms with E-state index in [4.69, 9.17) is 10.5 Å². The number of rotatable bonds is 7. The van der Waals surface area contributed by atoms with E-state index in [1.54, 1.807) is 6.07 Å². The van der Waals surface area contributed by atoms with Crippen molar-refractivity contribution in [2.45, 2.75) is 19.4 Å². The highest BCUT2D eigenvalue weighted by Crippen LogP contribution is 2.21. The molecule has 3 rings (SSSR count). The van der Waals surface area contributed by atoms with E-state index in [2.05, 4.69) is 0 Å². The first-order valence-corrected chi connectivity index (χ1v) is 8.90. The van der Waals surface area contributed by atoms with Gasteiger partial charge in [-0.25, -0.2) is 0 Å². The monoisotopic (exact) mass is 352 g/mol. The first-order valence-electron chi connectivity index (χ1n) is 8.90. The van der Waals surface area contributed by atoms with Crippen molar-refractivity contribution in [3.8, 4) is 0 Å². The number of hydrogen-bond donors (Lipinski definition) is 1. The maximum absolute atomic E-state index is 12.3. The summed E-state index contributed by atoms with van der Waals surface area (Å²) in [6.45, 7) is 2.05. The highest BCUT2D eigenvalue weighted by molar-refractivity contribution is 5.92. The number of hydrogen-bond acceptors (Lipinski definition) is 3. The van der Waals surface area contributed by atoms with Crippen molar-refractivity contribution in [1.82, 2.24) is 4.90 Å². The van der Waals surface area contributed by atoms with E-state index in [1.165, 1.54) is 0 Å². The summed E-state index contributed by atoms with van der Waals surface area (Å²) in [6.07, 6.45) is 1.81. The molecule has 1 unspecified atom stereocenters. The van der Waals surface area contributed by atoms with Crippen molar-refractivity contribution in [1.29, 1.82) is 0 Å². The van der Waals surface area contributed by atoms with Gasteiger partial charge in [0.25, 0.3) is 0 Å². The minimum atomic E-state index is -0.411. The molecular weight excluding hydrogens is 328 g/mol. The second-order valence-corrected chi connectivity index (χ2v) is 6.74. The van der Waals surface area contributed by atoms with Crippen molar-refractivity contribution in [3.05, 3.63) is 71.3 Å². The van der Waals surface area contributed by atoms with Crippen LogP contribution in [0.5, 0.6) is 0 Å². The molecule has 2 N–H and O–H groups in total. The van der Waals surface area contributed by atoms with Gasteiger partial charge in [0.05, 0.1) is 6.61 Å². The molecule has 1 fully saturated rings. The van der Waals surface area contributed by atoms with E-state index in [0.717, 1.165) is 37.1 Å². The molecule has 136 valence electrons. The number of likely N-dealkylation sites (tertiary alicyclic amines) is 1. The Labute approximate surface area is 153 Å². The van der Waals surface area contributed by atoms with Gasteiger partial charge < -0.3 is 15.4 Å². The molecule has 0 spiro atoms. The number of nitrogens with zero attached hydrogens (tertiary/aromatic N) is 1. The van der Waals surface area contributed by atoms with Crippen molar-refractivity contribution in [2.24, 2.45) is 11.7 Å². The van der Waals surface area contributed by atoms with E-state index >= 15 is 0 Å². The van der Waals surface area contributed by atoms with Crippen molar-refractivity contribution >= 4 is 11.8 Å². The molecule has 0 aromatic heterocycles. The number of amides is 2. The standard InChI is InChI=1S/C21H24N2O3/c22-21(25)19-8-4-7-17(12-19)11-18-9-10-23(13-18)20(24)15-26-14-16-5-2-1-3-6-16/h1-8,12,18H,9-11,13-15H2,(H2,22,25). The van der Waals surface area contributed by atoms with Crippen molar-refractivity contribution in [2.75, 3.05) is 19.7 Å². The first-order chi connectivity index (χ1) is 12.6. The molecule has 2 aromatic carbocycles. The Morgan fingerprint density at radius 2 is 1.85 bits per heavy atom. The Bertz CT molecular complexity index is 761. The van der Waals surface area contributed by atoms with Gasteiger partial charge >= 0.3 is 0 Å². The van der Waals surface area contributed by atoms with Crippen LogP contribution in [0.2, 0.25) is 0 Å². The molecule has 2 aromatic rings. The minimum Gasteiger partial charge on any atom is -0.367 e. The van der Waals surface area contributed by atoms with Gasteiger partial charge in [-0.1, -0.05) is 42.5 Å². The van der Waals surface area contributed by atoms with E-state index in [1.807, 2.05) is 53.4 Å². The number of nitrogens with two attached hydrogens (primary N) is 1. The SMILES string of the molecule is NC(=O)c1cccc(CC2CCN(C(=O)COCc3ccccc3)C2)c1. The number of carbonyl (C=O) groups excluding carboxylic acids is 2. The summed E-state index contributed by atoms with van der Waals surface area (Å²) in [5.74, 6) is 0.0242. The molecule has 0 radical (unpaired) electrons. The van der Waals surface area contributed by atoms with Crippen LogP contribution < -0.4 is 5.73 Å². The smallest absolute Gasteiger partial charge is 0.248 e. The molecule has 1 aliphatic rings. The van der Waals surface area contributed by atoms with Gasteiger partial charge in [0.15, 0.2) is 0 Å². The van der Waals surface area contributed by atoms with Crippen LogP contribution in [0.25, 0.3) is 0 Å². The van der Waals surface area contributed by atoms with E-state index in [9.17, 15) is 9.59 Å². The van der Waals surface area contributed by atoms with Crippen LogP contribution in [-0.2, 0) is 22.6 Å². The molecule has 2 amide bonds. The molecule has 26 heavy (non-hydrogen) atoms. The molecule has 5 heteroatoms. The maximum Gasteiger partial charge on any atom is 0.248 e. The summed E-state index contributed by atoms with van der Waals surface area (Å²) < 4.78 is 5.55. The Morgan fingerprint density at radius 3 is 2.62 bits per heavy atom. The molecule has 0 aliphatic carbocycles. The number of ether oxygens (including phenoxy) is 1. The molecule has 0 bridgehead atoms. The Balaban J connectivity index is 1.45. The van der Waals surface area contributed by atoms with Crippen LogP contribution in [0.1, 0.15) is 27.9 Å².